The van der Waals surface area contributed by atoms with Gasteiger partial charge in [-0.15, -0.1) is 0 Å². The first-order valence-electron chi connectivity index (χ1n) is 4.54. The van der Waals surface area contributed by atoms with Crippen LogP contribution in [0.4, 0.5) is 0 Å². The van der Waals surface area contributed by atoms with E-state index in [0.29, 0.717) is 5.92 Å². The van der Waals surface area contributed by atoms with Gasteiger partial charge in [-0.05, 0) is 18.9 Å². The van der Waals surface area contributed by atoms with Crippen molar-refractivity contribution < 1.29 is 4.74 Å². The van der Waals surface area contributed by atoms with Crippen LogP contribution in [0.1, 0.15) is 20.8 Å². The molecule has 12 heavy (non-hydrogen) atoms. The highest BCUT2D eigenvalue weighted by atomic mass is 28.3. The summed E-state index contributed by atoms with van der Waals surface area (Å²) in [4.78, 5) is 0. The highest BCUT2D eigenvalue weighted by Crippen LogP contribution is 2.03. The SMILES string of the molecule is CC(=CC(C)C)OC=C[SiH](C)C. The Hall–Kier alpha value is -0.503. The number of hydrogen-bond donors (Lipinski definition) is 0. The Labute approximate surface area is 77.7 Å². The third-order valence-corrected chi connectivity index (χ3v) is 2.21. The minimum atomic E-state index is -0.598. The zero-order chi connectivity index (χ0) is 9.56. The van der Waals surface area contributed by atoms with Crippen molar-refractivity contribution in [3.63, 3.8) is 0 Å². The number of hydrogen-bond acceptors (Lipinski definition) is 1. The van der Waals surface area contributed by atoms with Crippen molar-refractivity contribution in [3.8, 4) is 0 Å². The molecule has 0 saturated carbocycles. The van der Waals surface area contributed by atoms with Crippen LogP contribution in [-0.2, 0) is 4.74 Å². The highest BCUT2D eigenvalue weighted by molar-refractivity contribution is 6.61. The standard InChI is InChI=1S/C10H20OSi/c1-9(2)8-10(3)11-6-7-12(4)5/h6-9,12H,1-5H3. The first-order chi connectivity index (χ1) is 5.52. The molecule has 0 amide bonds. The van der Waals surface area contributed by atoms with E-state index in [0.717, 1.165) is 5.76 Å². The van der Waals surface area contributed by atoms with Crippen molar-refractivity contribution in [3.05, 3.63) is 23.8 Å². The normalized spacial score (nSPS) is 13.4. The van der Waals surface area contributed by atoms with Gasteiger partial charge in [-0.1, -0.05) is 32.6 Å². The first-order valence-corrected chi connectivity index (χ1v) is 7.51. The fourth-order valence-electron chi connectivity index (χ4n) is 0.812. The van der Waals surface area contributed by atoms with Gasteiger partial charge in [0.2, 0.25) is 0 Å². The second-order valence-corrected chi connectivity index (χ2v) is 6.58. The van der Waals surface area contributed by atoms with Crippen LogP contribution < -0.4 is 0 Å². The Morgan fingerprint density at radius 3 is 2.33 bits per heavy atom. The molecule has 0 aliphatic heterocycles. The minimum Gasteiger partial charge on any atom is -0.471 e. The molecule has 0 saturated heterocycles. The fourth-order valence-corrected chi connectivity index (χ4v) is 1.21. The lowest BCUT2D eigenvalue weighted by molar-refractivity contribution is 0.349. The van der Waals surface area contributed by atoms with Gasteiger partial charge in [-0.2, -0.15) is 0 Å². The molecule has 0 rings (SSSR count). The lowest BCUT2D eigenvalue weighted by Crippen LogP contribution is -1.93. The molecule has 0 heterocycles. The Morgan fingerprint density at radius 1 is 1.33 bits per heavy atom. The Balaban J connectivity index is 3.78. The van der Waals surface area contributed by atoms with Crippen molar-refractivity contribution in [2.24, 2.45) is 5.92 Å². The van der Waals surface area contributed by atoms with Crippen molar-refractivity contribution in [2.45, 2.75) is 33.9 Å². The zero-order valence-corrected chi connectivity index (χ0v) is 9.95. The average molecular weight is 184 g/mol. The summed E-state index contributed by atoms with van der Waals surface area (Å²) in [5.74, 6) is 1.56. The Morgan fingerprint density at radius 2 is 1.92 bits per heavy atom. The Bertz CT molecular complexity index is 169. The van der Waals surface area contributed by atoms with E-state index in [4.69, 9.17) is 4.74 Å². The second kappa shape index (κ2) is 6.06. The molecule has 0 aromatic heterocycles. The minimum absolute atomic E-state index is 0.565. The second-order valence-electron chi connectivity index (χ2n) is 3.71. The van der Waals surface area contributed by atoms with Gasteiger partial charge in [-0.3, -0.25) is 0 Å². The van der Waals surface area contributed by atoms with Crippen molar-refractivity contribution >= 4 is 8.80 Å². The van der Waals surface area contributed by atoms with Gasteiger partial charge in [0.05, 0.1) is 20.8 Å². The molecule has 0 aliphatic rings. The first kappa shape index (κ1) is 11.5. The molecule has 0 unspecified atom stereocenters. The monoisotopic (exact) mass is 184 g/mol. The average Bonchev–Trinajstić information content (AvgIpc) is 1.84. The summed E-state index contributed by atoms with van der Waals surface area (Å²) in [6.45, 7) is 10.8. The summed E-state index contributed by atoms with van der Waals surface area (Å²) >= 11 is 0. The van der Waals surface area contributed by atoms with E-state index in [1.165, 1.54) is 0 Å². The van der Waals surface area contributed by atoms with E-state index in [1.54, 1.807) is 0 Å². The predicted molar refractivity (Wildman–Crippen MR) is 57.7 cm³/mol. The summed E-state index contributed by atoms with van der Waals surface area (Å²) in [7, 11) is -0.598. The van der Waals surface area contributed by atoms with Crippen LogP contribution in [0, 0.1) is 5.92 Å². The molecule has 0 aromatic carbocycles. The van der Waals surface area contributed by atoms with Crippen LogP contribution in [0.2, 0.25) is 13.1 Å². The smallest absolute Gasteiger partial charge is 0.0963 e. The van der Waals surface area contributed by atoms with E-state index in [9.17, 15) is 0 Å². The largest absolute Gasteiger partial charge is 0.471 e. The van der Waals surface area contributed by atoms with Crippen LogP contribution in [-0.4, -0.2) is 8.80 Å². The topological polar surface area (TPSA) is 9.23 Å². The third kappa shape index (κ3) is 7.60. The summed E-state index contributed by atoms with van der Waals surface area (Å²) in [6.07, 6.45) is 3.94. The third-order valence-electron chi connectivity index (χ3n) is 1.29. The summed E-state index contributed by atoms with van der Waals surface area (Å²) < 4.78 is 5.38. The van der Waals surface area contributed by atoms with E-state index >= 15 is 0 Å². The molecule has 0 bridgehead atoms. The van der Waals surface area contributed by atoms with Gasteiger partial charge in [0.25, 0.3) is 0 Å². The van der Waals surface area contributed by atoms with E-state index in [2.05, 4.69) is 38.7 Å². The van der Waals surface area contributed by atoms with E-state index in [-0.39, 0.29) is 0 Å². The van der Waals surface area contributed by atoms with Gasteiger partial charge in [0, 0.05) is 0 Å². The van der Waals surface area contributed by atoms with E-state index in [1.807, 2.05) is 13.2 Å². The zero-order valence-electron chi connectivity index (χ0n) is 8.79. The maximum absolute atomic E-state index is 5.38. The van der Waals surface area contributed by atoms with Crippen LogP contribution >= 0.6 is 0 Å². The maximum Gasteiger partial charge on any atom is 0.0963 e. The quantitative estimate of drug-likeness (QED) is 0.482. The number of ether oxygens (including phenoxy) is 1. The summed E-state index contributed by atoms with van der Waals surface area (Å²) in [6, 6.07) is 0. The number of rotatable bonds is 4. The lowest BCUT2D eigenvalue weighted by atomic mass is 10.2. The van der Waals surface area contributed by atoms with Crippen molar-refractivity contribution in [1.29, 1.82) is 0 Å². The molecule has 70 valence electrons. The molecular weight excluding hydrogens is 164 g/mol. The van der Waals surface area contributed by atoms with Crippen molar-refractivity contribution in [1.82, 2.24) is 0 Å². The van der Waals surface area contributed by atoms with Gasteiger partial charge in [0.15, 0.2) is 0 Å². The van der Waals surface area contributed by atoms with Crippen LogP contribution in [0.25, 0.3) is 0 Å². The van der Waals surface area contributed by atoms with E-state index < -0.39 is 8.80 Å². The predicted octanol–water partition coefficient (Wildman–Crippen LogP) is 3.10. The molecule has 0 atom stereocenters. The molecule has 0 aromatic rings. The molecule has 0 radical (unpaired) electrons. The van der Waals surface area contributed by atoms with Gasteiger partial charge in [-0.25, -0.2) is 0 Å². The van der Waals surface area contributed by atoms with Crippen LogP contribution in [0.15, 0.2) is 23.8 Å². The summed E-state index contributed by atoms with van der Waals surface area (Å²) in [5.41, 5.74) is 2.18. The van der Waals surface area contributed by atoms with Gasteiger partial charge in [0.1, 0.15) is 0 Å². The van der Waals surface area contributed by atoms with Crippen LogP contribution in [0.3, 0.4) is 0 Å². The molecule has 2 heteroatoms. The molecule has 0 spiro atoms. The fraction of sp³-hybridized carbons (Fsp3) is 0.600. The maximum atomic E-state index is 5.38. The molecule has 0 fully saturated rings. The van der Waals surface area contributed by atoms with Gasteiger partial charge >= 0.3 is 0 Å². The highest BCUT2D eigenvalue weighted by Gasteiger charge is 1.90. The lowest BCUT2D eigenvalue weighted by Gasteiger charge is -2.02. The molecule has 1 nitrogen and oxygen atoms in total. The Kier molecular flexibility index (Phi) is 5.81. The summed E-state index contributed by atoms with van der Waals surface area (Å²) in [5, 5.41) is 0. The molecule has 0 aliphatic carbocycles. The molecular formula is C10H20OSi. The van der Waals surface area contributed by atoms with Crippen LogP contribution in [0.5, 0.6) is 0 Å². The molecule has 0 N–H and O–H groups in total. The number of allylic oxidation sites excluding steroid dienone is 2. The van der Waals surface area contributed by atoms with Crippen molar-refractivity contribution in [2.75, 3.05) is 0 Å². The van der Waals surface area contributed by atoms with Gasteiger partial charge < -0.3 is 4.74 Å².